The number of aromatic nitrogens is 1. The summed E-state index contributed by atoms with van der Waals surface area (Å²) in [5.74, 6) is -0.565. The van der Waals surface area contributed by atoms with Crippen LogP contribution in [0.4, 0.5) is 0 Å². The molecule has 1 aromatic rings. The zero-order valence-corrected chi connectivity index (χ0v) is 12.5. The summed E-state index contributed by atoms with van der Waals surface area (Å²) in [6, 6.07) is 4.38. The summed E-state index contributed by atoms with van der Waals surface area (Å²) >= 11 is 0. The van der Waals surface area contributed by atoms with Crippen molar-refractivity contribution in [2.24, 2.45) is 17.3 Å². The summed E-state index contributed by atoms with van der Waals surface area (Å²) in [5.41, 5.74) is 1.03. The lowest BCUT2D eigenvalue weighted by Crippen LogP contribution is -2.50. The summed E-state index contributed by atoms with van der Waals surface area (Å²) < 4.78 is 0. The molecule has 3 unspecified atom stereocenters. The third-order valence-corrected chi connectivity index (χ3v) is 5.06. The molecule has 0 radical (unpaired) electrons. The van der Waals surface area contributed by atoms with Gasteiger partial charge in [-0.2, -0.15) is 0 Å². The molecular formula is C16H24N2O2. The fourth-order valence-electron chi connectivity index (χ4n) is 3.27. The maximum atomic E-state index is 11.4. The van der Waals surface area contributed by atoms with Crippen LogP contribution < -0.4 is 5.32 Å². The highest BCUT2D eigenvalue weighted by Gasteiger charge is 2.45. The summed E-state index contributed by atoms with van der Waals surface area (Å²) in [7, 11) is 0. The Balaban J connectivity index is 1.99. The first kappa shape index (κ1) is 15.0. The average Bonchev–Trinajstić information content (AvgIpc) is 2.41. The molecule has 0 bridgehead atoms. The van der Waals surface area contributed by atoms with E-state index < -0.39 is 5.97 Å². The smallest absolute Gasteiger partial charge is 0.307 e. The first-order chi connectivity index (χ1) is 9.43. The third-order valence-electron chi connectivity index (χ3n) is 5.06. The Labute approximate surface area is 120 Å². The number of rotatable bonds is 4. The molecule has 0 aromatic carbocycles. The van der Waals surface area contributed by atoms with Crippen molar-refractivity contribution >= 4 is 5.97 Å². The van der Waals surface area contributed by atoms with Gasteiger partial charge in [0.1, 0.15) is 0 Å². The van der Waals surface area contributed by atoms with Crippen LogP contribution in [0, 0.1) is 17.3 Å². The van der Waals surface area contributed by atoms with Crippen LogP contribution in [0.5, 0.6) is 0 Å². The predicted octanol–water partition coefficient (Wildman–Crippen LogP) is 2.70. The second-order valence-corrected chi connectivity index (χ2v) is 6.42. The van der Waals surface area contributed by atoms with Gasteiger partial charge in [0, 0.05) is 25.0 Å². The third kappa shape index (κ3) is 3.01. The maximum absolute atomic E-state index is 11.4. The lowest BCUT2D eigenvalue weighted by molar-refractivity contribution is -0.150. The van der Waals surface area contributed by atoms with Crippen LogP contribution in [0.2, 0.25) is 0 Å². The van der Waals surface area contributed by atoms with Crippen molar-refractivity contribution in [3.8, 4) is 0 Å². The number of nitrogens with zero attached hydrogens (tertiary/aromatic N) is 1. The number of aliphatic carboxylic acids is 1. The Morgan fingerprint density at radius 2 is 2.05 bits per heavy atom. The molecule has 4 heteroatoms. The molecule has 3 atom stereocenters. The molecule has 0 amide bonds. The number of carbonyl (C=O) groups is 1. The van der Waals surface area contributed by atoms with Gasteiger partial charge in [-0.3, -0.25) is 9.78 Å². The summed E-state index contributed by atoms with van der Waals surface area (Å²) in [5, 5.41) is 12.9. The van der Waals surface area contributed by atoms with Crippen LogP contribution >= 0.6 is 0 Å². The van der Waals surface area contributed by atoms with Crippen molar-refractivity contribution in [2.75, 3.05) is 0 Å². The van der Waals surface area contributed by atoms with Gasteiger partial charge in [-0.25, -0.2) is 0 Å². The van der Waals surface area contributed by atoms with E-state index in [4.69, 9.17) is 0 Å². The number of hydrogen-bond donors (Lipinski definition) is 2. The van der Waals surface area contributed by atoms with E-state index in [0.717, 1.165) is 19.4 Å². The highest BCUT2D eigenvalue weighted by Crippen LogP contribution is 2.45. The molecule has 1 aliphatic carbocycles. The summed E-state index contributed by atoms with van der Waals surface area (Å²) in [6.07, 6.45) is 5.27. The molecule has 110 valence electrons. The quantitative estimate of drug-likeness (QED) is 0.887. The number of carboxylic acid groups (broad SMARTS) is 1. The molecule has 2 N–H and O–H groups in total. The van der Waals surface area contributed by atoms with Gasteiger partial charge in [-0.15, -0.1) is 0 Å². The molecule has 1 aliphatic rings. The van der Waals surface area contributed by atoms with E-state index in [0.29, 0.717) is 12.0 Å². The molecule has 1 heterocycles. The minimum Gasteiger partial charge on any atom is -0.481 e. The van der Waals surface area contributed by atoms with Gasteiger partial charge < -0.3 is 10.4 Å². The Morgan fingerprint density at radius 3 is 2.65 bits per heavy atom. The Morgan fingerprint density at radius 1 is 1.40 bits per heavy atom. The average molecular weight is 276 g/mol. The Kier molecular flexibility index (Phi) is 4.43. The lowest BCUT2D eigenvalue weighted by atomic mass is 9.61. The van der Waals surface area contributed by atoms with Gasteiger partial charge in [0.2, 0.25) is 0 Å². The van der Waals surface area contributed by atoms with Gasteiger partial charge >= 0.3 is 5.97 Å². The highest BCUT2D eigenvalue weighted by molar-refractivity contribution is 5.71. The van der Waals surface area contributed by atoms with Crippen molar-refractivity contribution in [3.05, 3.63) is 30.1 Å². The number of nitrogens with one attached hydrogen (secondary N) is 1. The normalized spacial score (nSPS) is 29.1. The number of carboxylic acids is 1. The van der Waals surface area contributed by atoms with Crippen molar-refractivity contribution < 1.29 is 9.90 Å². The topological polar surface area (TPSA) is 62.2 Å². The van der Waals surface area contributed by atoms with Crippen LogP contribution in [0.25, 0.3) is 0 Å². The van der Waals surface area contributed by atoms with Gasteiger partial charge in [0.25, 0.3) is 0 Å². The summed E-state index contributed by atoms with van der Waals surface area (Å²) in [4.78, 5) is 15.4. The molecule has 20 heavy (non-hydrogen) atoms. The molecule has 1 aromatic heterocycles. The molecule has 0 aliphatic heterocycles. The second kappa shape index (κ2) is 5.92. The highest BCUT2D eigenvalue weighted by atomic mass is 16.4. The van der Waals surface area contributed by atoms with E-state index in [1.54, 1.807) is 12.4 Å². The zero-order valence-electron chi connectivity index (χ0n) is 12.5. The number of hydrogen-bond acceptors (Lipinski definition) is 3. The van der Waals surface area contributed by atoms with Crippen molar-refractivity contribution in [1.29, 1.82) is 0 Å². The van der Waals surface area contributed by atoms with E-state index in [1.165, 1.54) is 5.56 Å². The van der Waals surface area contributed by atoms with E-state index in [-0.39, 0.29) is 11.3 Å². The van der Waals surface area contributed by atoms with Gasteiger partial charge in [0.05, 0.1) is 5.92 Å². The van der Waals surface area contributed by atoms with E-state index in [1.807, 2.05) is 12.1 Å². The Hall–Kier alpha value is -1.42. The van der Waals surface area contributed by atoms with E-state index >= 15 is 0 Å². The van der Waals surface area contributed by atoms with Crippen LogP contribution in [-0.2, 0) is 11.3 Å². The maximum Gasteiger partial charge on any atom is 0.307 e. The first-order valence-electron chi connectivity index (χ1n) is 7.28. The standard InChI is InChI=1S/C16H24N2O2/c1-11-14(18-10-12-6-8-17-9-7-12)5-4-13(15(19)20)16(11,2)3/h6-9,11,13-14,18H,4-5,10H2,1-3H3,(H,19,20). The Bertz CT molecular complexity index is 459. The number of pyridine rings is 1. The van der Waals surface area contributed by atoms with Crippen LogP contribution in [-0.4, -0.2) is 22.1 Å². The lowest BCUT2D eigenvalue weighted by Gasteiger charge is -2.46. The van der Waals surface area contributed by atoms with Gasteiger partial charge in [0.15, 0.2) is 0 Å². The SMILES string of the molecule is CC1C(NCc2ccncc2)CCC(C(=O)O)C1(C)C. The van der Waals surface area contributed by atoms with Gasteiger partial charge in [-0.1, -0.05) is 20.8 Å². The second-order valence-electron chi connectivity index (χ2n) is 6.42. The molecule has 0 saturated heterocycles. The van der Waals surface area contributed by atoms with Crippen LogP contribution in [0.1, 0.15) is 39.2 Å². The molecule has 1 fully saturated rings. The van der Waals surface area contributed by atoms with Crippen LogP contribution in [0.15, 0.2) is 24.5 Å². The van der Waals surface area contributed by atoms with E-state index in [2.05, 4.69) is 31.1 Å². The van der Waals surface area contributed by atoms with Crippen molar-refractivity contribution in [2.45, 2.75) is 46.2 Å². The molecular weight excluding hydrogens is 252 g/mol. The first-order valence-corrected chi connectivity index (χ1v) is 7.28. The van der Waals surface area contributed by atoms with Crippen molar-refractivity contribution in [3.63, 3.8) is 0 Å². The fraction of sp³-hybridized carbons (Fsp3) is 0.625. The van der Waals surface area contributed by atoms with Gasteiger partial charge in [-0.05, 0) is 41.9 Å². The summed E-state index contributed by atoms with van der Waals surface area (Å²) in [6.45, 7) is 7.14. The monoisotopic (exact) mass is 276 g/mol. The minimum absolute atomic E-state index is 0.181. The van der Waals surface area contributed by atoms with Crippen molar-refractivity contribution in [1.82, 2.24) is 10.3 Å². The molecule has 1 saturated carbocycles. The predicted molar refractivity (Wildman–Crippen MR) is 78.2 cm³/mol. The molecule has 4 nitrogen and oxygen atoms in total. The minimum atomic E-state index is -0.658. The van der Waals surface area contributed by atoms with E-state index in [9.17, 15) is 9.90 Å². The fourth-order valence-corrected chi connectivity index (χ4v) is 3.27. The molecule has 2 rings (SSSR count). The largest absolute Gasteiger partial charge is 0.481 e. The molecule has 0 spiro atoms. The zero-order chi connectivity index (χ0) is 14.8. The van der Waals surface area contributed by atoms with Crippen LogP contribution in [0.3, 0.4) is 0 Å².